The van der Waals surface area contributed by atoms with Crippen molar-refractivity contribution in [2.24, 2.45) is 0 Å². The quantitative estimate of drug-likeness (QED) is 0.0261. The van der Waals surface area contributed by atoms with Gasteiger partial charge in [0.2, 0.25) is 0 Å². The number of ether oxygens (including phenoxy) is 3. The molecule has 0 amide bonds. The Balaban J connectivity index is 4.25. The maximum absolute atomic E-state index is 12.8. The van der Waals surface area contributed by atoms with Crippen molar-refractivity contribution in [1.82, 2.24) is 0 Å². The first-order valence-corrected chi connectivity index (χ1v) is 30.3. The van der Waals surface area contributed by atoms with E-state index >= 15 is 0 Å². The molecular weight excluding hydrogens is 949 g/mol. The third-order valence-electron chi connectivity index (χ3n) is 11.9. The molecule has 428 valence electrons. The Morgan fingerprint density at radius 1 is 0.273 bits per heavy atom. The van der Waals surface area contributed by atoms with E-state index in [9.17, 15) is 14.4 Å². The number of allylic oxidation sites excluding steroid dienone is 30. The van der Waals surface area contributed by atoms with Crippen LogP contribution in [-0.2, 0) is 28.6 Å². The Morgan fingerprint density at radius 2 is 0.519 bits per heavy atom. The molecule has 1 atom stereocenters. The molecule has 0 radical (unpaired) electrons. The predicted molar refractivity (Wildman–Crippen MR) is 334 cm³/mol. The van der Waals surface area contributed by atoms with E-state index in [1.54, 1.807) is 0 Å². The third kappa shape index (κ3) is 61.2. The minimum absolute atomic E-state index is 0.115. The summed E-state index contributed by atoms with van der Waals surface area (Å²) >= 11 is 0. The minimum atomic E-state index is -0.822. The Kier molecular flexibility index (Phi) is 58.6. The summed E-state index contributed by atoms with van der Waals surface area (Å²) in [4.78, 5) is 37.8. The molecule has 0 bridgehead atoms. The van der Waals surface area contributed by atoms with Crippen LogP contribution in [0.25, 0.3) is 0 Å². The predicted octanol–water partition coefficient (Wildman–Crippen LogP) is 20.9. The molecule has 6 nitrogen and oxygen atoms in total. The summed E-state index contributed by atoms with van der Waals surface area (Å²) in [7, 11) is 0. The number of carbonyl (C=O) groups excluding carboxylic acids is 3. The summed E-state index contributed by atoms with van der Waals surface area (Å²) < 4.78 is 16.7. The summed E-state index contributed by atoms with van der Waals surface area (Å²) in [6, 6.07) is 0. The maximum Gasteiger partial charge on any atom is 0.306 e. The van der Waals surface area contributed by atoms with Gasteiger partial charge in [0, 0.05) is 19.3 Å². The molecule has 0 saturated carbocycles. The summed E-state index contributed by atoms with van der Waals surface area (Å²) in [5, 5.41) is 0. The molecule has 0 fully saturated rings. The van der Waals surface area contributed by atoms with Gasteiger partial charge in [-0.05, 0) is 135 Å². The van der Waals surface area contributed by atoms with Crippen molar-refractivity contribution in [3.05, 3.63) is 182 Å². The van der Waals surface area contributed by atoms with E-state index in [1.807, 2.05) is 0 Å². The highest BCUT2D eigenvalue weighted by Crippen LogP contribution is 2.12. The molecule has 0 saturated heterocycles. The van der Waals surface area contributed by atoms with Crippen LogP contribution in [0.3, 0.4) is 0 Å². The molecule has 6 heteroatoms. The van der Waals surface area contributed by atoms with Gasteiger partial charge in [0.25, 0.3) is 0 Å². The van der Waals surface area contributed by atoms with Gasteiger partial charge in [0.1, 0.15) is 13.2 Å². The molecular formula is C71H108O6. The lowest BCUT2D eigenvalue weighted by Gasteiger charge is -2.18. The first kappa shape index (κ1) is 71.5. The number of hydrogen-bond acceptors (Lipinski definition) is 6. The molecule has 0 aromatic carbocycles. The van der Waals surface area contributed by atoms with Gasteiger partial charge in [0.15, 0.2) is 6.10 Å². The zero-order chi connectivity index (χ0) is 55.7. The van der Waals surface area contributed by atoms with Crippen LogP contribution in [0.5, 0.6) is 0 Å². The zero-order valence-corrected chi connectivity index (χ0v) is 48.9. The summed E-state index contributed by atoms with van der Waals surface area (Å²) in [6.45, 7) is 6.24. The van der Waals surface area contributed by atoms with Crippen molar-refractivity contribution in [2.45, 2.75) is 232 Å². The van der Waals surface area contributed by atoms with E-state index < -0.39 is 6.10 Å². The highest BCUT2D eigenvalue weighted by Gasteiger charge is 2.19. The average Bonchev–Trinajstić information content (AvgIpc) is 3.43. The van der Waals surface area contributed by atoms with Gasteiger partial charge in [-0.25, -0.2) is 0 Å². The van der Waals surface area contributed by atoms with Gasteiger partial charge in [-0.1, -0.05) is 254 Å². The average molecular weight is 1060 g/mol. The fourth-order valence-electron chi connectivity index (χ4n) is 7.45. The fourth-order valence-corrected chi connectivity index (χ4v) is 7.45. The molecule has 0 aliphatic carbocycles. The van der Waals surface area contributed by atoms with Gasteiger partial charge in [-0.3, -0.25) is 14.4 Å². The van der Waals surface area contributed by atoms with E-state index in [-0.39, 0.29) is 37.5 Å². The van der Waals surface area contributed by atoms with Gasteiger partial charge in [0.05, 0.1) is 0 Å². The van der Waals surface area contributed by atoms with E-state index in [0.29, 0.717) is 19.3 Å². The van der Waals surface area contributed by atoms with Crippen molar-refractivity contribution >= 4 is 17.9 Å². The van der Waals surface area contributed by atoms with Crippen LogP contribution in [0.1, 0.15) is 226 Å². The van der Waals surface area contributed by atoms with E-state index in [1.165, 1.54) is 12.8 Å². The van der Waals surface area contributed by atoms with Crippen LogP contribution in [0, 0.1) is 0 Å². The SMILES string of the molecule is CC/C=C\C/C=C\C/C=C\C/C=C\C/C=C\C/C=C\C/C=C\C/C=C\CCCCCCCCC(=O)OCC(COC(=O)CCCCCCC)OC(=O)CCC/C=C\C/C=C\C/C=C\C/C=C\C/C=C\C/C=C\C/C=C\CC. The topological polar surface area (TPSA) is 78.9 Å². The molecule has 0 rings (SSSR count). The van der Waals surface area contributed by atoms with E-state index in [4.69, 9.17) is 14.2 Å². The van der Waals surface area contributed by atoms with E-state index in [0.717, 1.165) is 167 Å². The van der Waals surface area contributed by atoms with Gasteiger partial charge in [-0.15, -0.1) is 0 Å². The lowest BCUT2D eigenvalue weighted by molar-refractivity contribution is -0.167. The monoisotopic (exact) mass is 1060 g/mol. The molecule has 0 aromatic rings. The van der Waals surface area contributed by atoms with Crippen LogP contribution in [-0.4, -0.2) is 37.2 Å². The Bertz CT molecular complexity index is 1840. The molecule has 0 aliphatic heterocycles. The summed E-state index contributed by atoms with van der Waals surface area (Å²) in [6.07, 6.45) is 95.1. The number of carbonyl (C=O) groups is 3. The number of unbranched alkanes of at least 4 members (excludes halogenated alkanes) is 11. The Morgan fingerprint density at radius 3 is 0.831 bits per heavy atom. The number of rotatable bonds is 52. The lowest BCUT2D eigenvalue weighted by Crippen LogP contribution is -2.30. The summed E-state index contributed by atoms with van der Waals surface area (Å²) in [5.41, 5.74) is 0. The van der Waals surface area contributed by atoms with Crippen molar-refractivity contribution in [1.29, 1.82) is 0 Å². The summed E-state index contributed by atoms with van der Waals surface area (Å²) in [5.74, 6) is -1.02. The number of hydrogen-bond donors (Lipinski definition) is 0. The first-order chi connectivity index (χ1) is 38.0. The molecule has 0 spiro atoms. The van der Waals surface area contributed by atoms with Gasteiger partial charge in [-0.2, -0.15) is 0 Å². The highest BCUT2D eigenvalue weighted by atomic mass is 16.6. The minimum Gasteiger partial charge on any atom is -0.462 e. The molecule has 0 heterocycles. The standard InChI is InChI=1S/C71H108O6/c1-4-7-10-13-15-17-19-21-23-25-27-29-31-32-33-34-35-36-37-38-40-41-43-45-47-49-51-53-55-58-61-64-70(73)76-67-68(66-75-69(72)63-60-57-12-9-6-3)77-71(74)65-62-59-56-54-52-50-48-46-44-42-39-30-28-26-24-22-20-18-16-14-11-8-5-2/h7-8,10-11,15-18,21-24,27-30,32-33,35-36,38,40,42-45,48,50,54,56,68H,4-6,9,12-14,19-20,25-26,31,34,37,39,41,46-47,49,51-53,55,57-67H2,1-3H3/b10-7-,11-8-,17-15-,18-16-,23-21-,24-22-,29-27-,30-28-,33-32-,36-35-,40-38-,44-42-,45-43-,50-48-,56-54-. The Hall–Kier alpha value is -5.49. The normalized spacial score (nSPS) is 13.4. The van der Waals surface area contributed by atoms with Crippen LogP contribution in [0.4, 0.5) is 0 Å². The Labute approximate surface area is 472 Å². The largest absolute Gasteiger partial charge is 0.462 e. The van der Waals surface area contributed by atoms with Crippen LogP contribution >= 0.6 is 0 Å². The van der Waals surface area contributed by atoms with Crippen LogP contribution in [0.2, 0.25) is 0 Å². The third-order valence-corrected chi connectivity index (χ3v) is 11.9. The van der Waals surface area contributed by atoms with Crippen molar-refractivity contribution < 1.29 is 28.6 Å². The van der Waals surface area contributed by atoms with Crippen molar-refractivity contribution in [3.8, 4) is 0 Å². The zero-order valence-electron chi connectivity index (χ0n) is 48.9. The molecule has 77 heavy (non-hydrogen) atoms. The molecule has 0 aromatic heterocycles. The lowest BCUT2D eigenvalue weighted by atomic mass is 10.1. The first-order valence-electron chi connectivity index (χ1n) is 30.3. The van der Waals surface area contributed by atoms with E-state index in [2.05, 4.69) is 203 Å². The fraction of sp³-hybridized carbons (Fsp3) is 0.535. The molecule has 1 unspecified atom stereocenters. The van der Waals surface area contributed by atoms with Gasteiger partial charge < -0.3 is 14.2 Å². The van der Waals surface area contributed by atoms with Crippen LogP contribution < -0.4 is 0 Å². The molecule has 0 N–H and O–H groups in total. The van der Waals surface area contributed by atoms with Crippen LogP contribution in [0.15, 0.2) is 182 Å². The second-order valence-electron chi connectivity index (χ2n) is 19.1. The maximum atomic E-state index is 12.8. The second-order valence-corrected chi connectivity index (χ2v) is 19.1. The highest BCUT2D eigenvalue weighted by molar-refractivity contribution is 5.71. The van der Waals surface area contributed by atoms with Gasteiger partial charge >= 0.3 is 17.9 Å². The molecule has 0 aliphatic rings. The number of esters is 3. The smallest absolute Gasteiger partial charge is 0.306 e. The van der Waals surface area contributed by atoms with Crippen molar-refractivity contribution in [3.63, 3.8) is 0 Å². The second kappa shape index (κ2) is 63.0. The van der Waals surface area contributed by atoms with Crippen molar-refractivity contribution in [2.75, 3.05) is 13.2 Å².